The number of alkyl halides is 2. The highest BCUT2D eigenvalue weighted by atomic mass is 35.5. The molecule has 0 saturated heterocycles. The normalized spacial score (nSPS) is 11.8. The Hall–Kier alpha value is 0.450. The molecule has 0 aliphatic carbocycles. The molecule has 0 atom stereocenters. The van der Waals surface area contributed by atoms with Crippen LogP contribution in [0.3, 0.4) is 0 Å². The summed E-state index contributed by atoms with van der Waals surface area (Å²) in [6, 6.07) is 0. The van der Waals surface area contributed by atoms with E-state index in [2.05, 4.69) is 8.37 Å². The van der Waals surface area contributed by atoms with Crippen molar-refractivity contribution in [1.82, 2.24) is 0 Å². The summed E-state index contributed by atoms with van der Waals surface area (Å²) in [5.41, 5.74) is 0. The quantitative estimate of drug-likeness (QED) is 0.485. The first-order valence-corrected chi connectivity index (χ1v) is 6.18. The highest BCUT2D eigenvalue weighted by Crippen LogP contribution is 1.99. The van der Waals surface area contributed by atoms with Gasteiger partial charge in [0.25, 0.3) is 0 Å². The first-order valence-electron chi connectivity index (χ1n) is 3.78. The smallest absolute Gasteiger partial charge is 0.248 e. The molecule has 0 heterocycles. The Bertz CT molecular complexity index is 189. The van der Waals surface area contributed by atoms with Gasteiger partial charge < -0.3 is 0 Å². The summed E-state index contributed by atoms with van der Waals surface area (Å²) in [4.78, 5) is 0. The molecular formula is C6H12Cl2O4S. The Labute approximate surface area is 88.4 Å². The van der Waals surface area contributed by atoms with Gasteiger partial charge in [-0.3, -0.25) is 0 Å². The van der Waals surface area contributed by atoms with E-state index in [9.17, 15) is 8.42 Å². The van der Waals surface area contributed by atoms with Crippen LogP contribution < -0.4 is 0 Å². The number of rotatable bonds is 8. The lowest BCUT2D eigenvalue weighted by Crippen LogP contribution is -2.12. The number of halogens is 2. The van der Waals surface area contributed by atoms with Crippen LogP contribution in [0.5, 0.6) is 0 Å². The standard InChI is InChI=1S/C6H12Cl2O4S/c7-3-1-5-11-13(9,10)12-6-2-4-8/h1-6H2. The second kappa shape index (κ2) is 7.82. The van der Waals surface area contributed by atoms with Crippen molar-refractivity contribution < 1.29 is 16.8 Å². The average Bonchev–Trinajstić information content (AvgIpc) is 2.05. The van der Waals surface area contributed by atoms with Gasteiger partial charge in [-0.1, -0.05) is 0 Å². The molecule has 0 unspecified atom stereocenters. The second-order valence-corrected chi connectivity index (χ2v) is 4.18. The third-order valence-corrected chi connectivity index (χ3v) is 2.46. The van der Waals surface area contributed by atoms with E-state index < -0.39 is 10.4 Å². The molecule has 0 aromatic heterocycles. The monoisotopic (exact) mass is 250 g/mol. The molecule has 0 aromatic carbocycles. The van der Waals surface area contributed by atoms with E-state index in [0.29, 0.717) is 24.6 Å². The van der Waals surface area contributed by atoms with Crippen LogP contribution in [-0.2, 0) is 18.8 Å². The van der Waals surface area contributed by atoms with E-state index in [1.165, 1.54) is 0 Å². The minimum atomic E-state index is -3.84. The van der Waals surface area contributed by atoms with E-state index in [-0.39, 0.29) is 13.2 Å². The maximum atomic E-state index is 10.8. The van der Waals surface area contributed by atoms with Crippen LogP contribution in [0.25, 0.3) is 0 Å². The third kappa shape index (κ3) is 8.77. The highest BCUT2D eigenvalue weighted by Gasteiger charge is 2.10. The Kier molecular flexibility index (Phi) is 8.09. The van der Waals surface area contributed by atoms with Crippen LogP contribution in [0.15, 0.2) is 0 Å². The molecule has 0 rings (SSSR count). The maximum Gasteiger partial charge on any atom is 0.399 e. The Morgan fingerprint density at radius 1 is 0.923 bits per heavy atom. The molecule has 0 bridgehead atoms. The maximum absolute atomic E-state index is 10.8. The fourth-order valence-corrected chi connectivity index (χ4v) is 1.40. The van der Waals surface area contributed by atoms with E-state index in [4.69, 9.17) is 23.2 Å². The molecule has 7 heteroatoms. The van der Waals surface area contributed by atoms with Crippen LogP contribution in [0.2, 0.25) is 0 Å². The lowest BCUT2D eigenvalue weighted by Gasteiger charge is -2.03. The van der Waals surface area contributed by atoms with Gasteiger partial charge in [0.1, 0.15) is 0 Å². The zero-order valence-corrected chi connectivity index (χ0v) is 9.37. The first kappa shape index (κ1) is 13.4. The minimum absolute atomic E-state index is 0.0483. The number of hydrogen-bond acceptors (Lipinski definition) is 4. The van der Waals surface area contributed by atoms with E-state index in [1.54, 1.807) is 0 Å². The second-order valence-electron chi connectivity index (χ2n) is 2.14. The molecule has 0 fully saturated rings. The predicted molar refractivity (Wildman–Crippen MR) is 51.5 cm³/mol. The van der Waals surface area contributed by atoms with Crippen LogP contribution >= 0.6 is 23.2 Å². The SMILES string of the molecule is O=S(=O)(OCCCCl)OCCCCl. The van der Waals surface area contributed by atoms with Crippen molar-refractivity contribution in [3.63, 3.8) is 0 Å². The van der Waals surface area contributed by atoms with E-state index >= 15 is 0 Å². The van der Waals surface area contributed by atoms with Crippen LogP contribution in [0.1, 0.15) is 12.8 Å². The summed E-state index contributed by atoms with van der Waals surface area (Å²) in [6.07, 6.45) is 0.944. The summed E-state index contributed by atoms with van der Waals surface area (Å²) in [6.45, 7) is 0.0966. The molecule has 0 aromatic rings. The van der Waals surface area contributed by atoms with Gasteiger partial charge in [-0.05, 0) is 12.8 Å². The summed E-state index contributed by atoms with van der Waals surface area (Å²) >= 11 is 10.6. The fourth-order valence-electron chi connectivity index (χ4n) is 0.465. The van der Waals surface area contributed by atoms with E-state index in [0.717, 1.165) is 0 Å². The van der Waals surface area contributed by atoms with Crippen molar-refractivity contribution in [2.75, 3.05) is 25.0 Å². The molecule has 0 radical (unpaired) electrons. The van der Waals surface area contributed by atoms with Gasteiger partial charge in [0.15, 0.2) is 0 Å². The van der Waals surface area contributed by atoms with Gasteiger partial charge in [0.2, 0.25) is 0 Å². The molecule has 13 heavy (non-hydrogen) atoms. The molecule has 0 amide bonds. The van der Waals surface area contributed by atoms with Crippen LogP contribution in [0.4, 0.5) is 0 Å². The first-order chi connectivity index (χ1) is 6.12. The van der Waals surface area contributed by atoms with Gasteiger partial charge >= 0.3 is 10.4 Å². The van der Waals surface area contributed by atoms with Crippen molar-refractivity contribution in [3.05, 3.63) is 0 Å². The van der Waals surface area contributed by atoms with Crippen LogP contribution in [0, 0.1) is 0 Å². The Balaban J connectivity index is 3.55. The van der Waals surface area contributed by atoms with Gasteiger partial charge in [0, 0.05) is 11.8 Å². The van der Waals surface area contributed by atoms with Crippen molar-refractivity contribution in [2.24, 2.45) is 0 Å². The predicted octanol–water partition coefficient (Wildman–Crippen LogP) is 1.52. The van der Waals surface area contributed by atoms with E-state index in [1.807, 2.05) is 0 Å². The van der Waals surface area contributed by atoms with Crippen molar-refractivity contribution in [3.8, 4) is 0 Å². The zero-order valence-electron chi connectivity index (χ0n) is 7.04. The van der Waals surface area contributed by atoms with Crippen LogP contribution in [-0.4, -0.2) is 33.4 Å². The highest BCUT2D eigenvalue weighted by molar-refractivity contribution is 7.81. The summed E-state index contributed by atoms with van der Waals surface area (Å²) in [7, 11) is -3.84. The lowest BCUT2D eigenvalue weighted by molar-refractivity contribution is 0.215. The molecule has 4 nitrogen and oxygen atoms in total. The molecular weight excluding hydrogens is 239 g/mol. The minimum Gasteiger partial charge on any atom is -0.248 e. The Morgan fingerprint density at radius 3 is 1.62 bits per heavy atom. The zero-order chi connectivity index (χ0) is 10.2. The summed E-state index contributed by atoms with van der Waals surface area (Å²) in [5.74, 6) is 0.717. The molecule has 0 aliphatic heterocycles. The molecule has 0 aliphatic rings. The van der Waals surface area contributed by atoms with Gasteiger partial charge in [-0.15, -0.1) is 23.2 Å². The van der Waals surface area contributed by atoms with Gasteiger partial charge in [-0.2, -0.15) is 8.42 Å². The molecule has 80 valence electrons. The van der Waals surface area contributed by atoms with Crippen molar-refractivity contribution >= 4 is 33.6 Å². The summed E-state index contributed by atoms with van der Waals surface area (Å²) in [5, 5.41) is 0. The van der Waals surface area contributed by atoms with Gasteiger partial charge in [-0.25, -0.2) is 8.37 Å². The largest absolute Gasteiger partial charge is 0.399 e. The van der Waals surface area contributed by atoms with Crippen molar-refractivity contribution in [2.45, 2.75) is 12.8 Å². The summed E-state index contributed by atoms with van der Waals surface area (Å²) < 4.78 is 30.6. The molecule has 0 spiro atoms. The Morgan fingerprint density at radius 2 is 1.31 bits per heavy atom. The molecule has 0 saturated carbocycles. The lowest BCUT2D eigenvalue weighted by atomic mass is 10.5. The van der Waals surface area contributed by atoms with Crippen molar-refractivity contribution in [1.29, 1.82) is 0 Å². The average molecular weight is 251 g/mol. The number of hydrogen-bond donors (Lipinski definition) is 0. The van der Waals surface area contributed by atoms with Gasteiger partial charge in [0.05, 0.1) is 13.2 Å². The molecule has 0 N–H and O–H groups in total. The fraction of sp³-hybridized carbons (Fsp3) is 1.00. The topological polar surface area (TPSA) is 52.6 Å². The third-order valence-electron chi connectivity index (χ3n) is 1.01.